The zero-order chi connectivity index (χ0) is 11.4. The SMILES string of the molecule is CC(=O)N[C@@H]1CCO[C@H](c2ccccc2)C1. The summed E-state index contributed by atoms with van der Waals surface area (Å²) in [6, 6.07) is 10.4. The highest BCUT2D eigenvalue weighted by molar-refractivity contribution is 5.73. The standard InChI is InChI=1S/C13H17NO2/c1-10(15)14-12-7-8-16-13(9-12)11-5-3-2-4-6-11/h2-6,12-13H,7-9H2,1H3,(H,14,15)/t12-,13+/m1/s1. The van der Waals surface area contributed by atoms with Gasteiger partial charge in [-0.2, -0.15) is 0 Å². The smallest absolute Gasteiger partial charge is 0.217 e. The summed E-state index contributed by atoms with van der Waals surface area (Å²) in [5.41, 5.74) is 1.19. The molecule has 0 aliphatic carbocycles. The minimum absolute atomic E-state index is 0.0405. The van der Waals surface area contributed by atoms with Crippen molar-refractivity contribution < 1.29 is 9.53 Å². The third-order valence-electron chi connectivity index (χ3n) is 2.86. The van der Waals surface area contributed by atoms with E-state index in [0.717, 1.165) is 12.8 Å². The van der Waals surface area contributed by atoms with E-state index >= 15 is 0 Å². The largest absolute Gasteiger partial charge is 0.373 e. The Labute approximate surface area is 95.8 Å². The highest BCUT2D eigenvalue weighted by atomic mass is 16.5. The van der Waals surface area contributed by atoms with Gasteiger partial charge in [0.15, 0.2) is 0 Å². The Kier molecular flexibility index (Phi) is 3.57. The summed E-state index contributed by atoms with van der Waals surface area (Å²) in [4.78, 5) is 11.0. The van der Waals surface area contributed by atoms with E-state index in [9.17, 15) is 4.79 Å². The first-order valence-electron chi connectivity index (χ1n) is 5.69. The van der Waals surface area contributed by atoms with Gasteiger partial charge in [-0.15, -0.1) is 0 Å². The molecule has 1 aromatic rings. The Morgan fingerprint density at radius 1 is 1.38 bits per heavy atom. The third-order valence-corrected chi connectivity index (χ3v) is 2.86. The molecule has 1 saturated heterocycles. The maximum absolute atomic E-state index is 11.0. The molecule has 0 radical (unpaired) electrons. The summed E-state index contributed by atoms with van der Waals surface area (Å²) in [5, 5.41) is 2.96. The molecular weight excluding hydrogens is 202 g/mol. The molecule has 1 N–H and O–H groups in total. The molecule has 0 spiro atoms. The lowest BCUT2D eigenvalue weighted by molar-refractivity contribution is -0.120. The van der Waals surface area contributed by atoms with Crippen molar-refractivity contribution in [1.82, 2.24) is 5.32 Å². The number of hydrogen-bond acceptors (Lipinski definition) is 2. The Bertz CT molecular complexity index is 350. The predicted molar refractivity (Wildman–Crippen MR) is 62.0 cm³/mol. The molecule has 1 aliphatic rings. The molecule has 2 rings (SSSR count). The lowest BCUT2D eigenvalue weighted by atomic mass is 9.97. The van der Waals surface area contributed by atoms with Crippen molar-refractivity contribution in [3.8, 4) is 0 Å². The zero-order valence-electron chi connectivity index (χ0n) is 9.48. The van der Waals surface area contributed by atoms with Crippen molar-refractivity contribution in [2.45, 2.75) is 31.9 Å². The van der Waals surface area contributed by atoms with Gasteiger partial charge in [0.05, 0.1) is 6.10 Å². The van der Waals surface area contributed by atoms with Crippen LogP contribution in [-0.2, 0) is 9.53 Å². The lowest BCUT2D eigenvalue weighted by Crippen LogP contribution is -2.38. The van der Waals surface area contributed by atoms with Gasteiger partial charge in [0, 0.05) is 19.6 Å². The van der Waals surface area contributed by atoms with Gasteiger partial charge in [-0.3, -0.25) is 4.79 Å². The Morgan fingerprint density at radius 2 is 2.12 bits per heavy atom. The quantitative estimate of drug-likeness (QED) is 0.826. The number of ether oxygens (including phenoxy) is 1. The summed E-state index contributed by atoms with van der Waals surface area (Å²) < 4.78 is 5.72. The minimum Gasteiger partial charge on any atom is -0.373 e. The normalized spacial score (nSPS) is 25.1. The zero-order valence-corrected chi connectivity index (χ0v) is 9.48. The van der Waals surface area contributed by atoms with E-state index in [0.29, 0.717) is 6.61 Å². The molecule has 1 aliphatic heterocycles. The van der Waals surface area contributed by atoms with Crippen LogP contribution in [0.5, 0.6) is 0 Å². The summed E-state index contributed by atoms with van der Waals surface area (Å²) in [7, 11) is 0. The van der Waals surface area contributed by atoms with E-state index in [1.54, 1.807) is 6.92 Å². The second kappa shape index (κ2) is 5.12. The highest BCUT2D eigenvalue weighted by Crippen LogP contribution is 2.27. The van der Waals surface area contributed by atoms with E-state index in [-0.39, 0.29) is 18.1 Å². The molecule has 0 bridgehead atoms. The number of nitrogens with one attached hydrogen (secondary N) is 1. The number of hydrogen-bond donors (Lipinski definition) is 1. The van der Waals surface area contributed by atoms with Crippen LogP contribution in [0.3, 0.4) is 0 Å². The lowest BCUT2D eigenvalue weighted by Gasteiger charge is -2.30. The fourth-order valence-corrected chi connectivity index (χ4v) is 2.12. The van der Waals surface area contributed by atoms with Gasteiger partial charge in [0.2, 0.25) is 5.91 Å². The van der Waals surface area contributed by atoms with Crippen LogP contribution in [0.1, 0.15) is 31.4 Å². The summed E-state index contributed by atoms with van der Waals surface area (Å²) in [5.74, 6) is 0.0405. The third kappa shape index (κ3) is 2.83. The van der Waals surface area contributed by atoms with Gasteiger partial charge in [-0.25, -0.2) is 0 Å². The first-order chi connectivity index (χ1) is 7.75. The van der Waals surface area contributed by atoms with Crippen molar-refractivity contribution in [1.29, 1.82) is 0 Å². The summed E-state index contributed by atoms with van der Waals surface area (Å²) >= 11 is 0. The van der Waals surface area contributed by atoms with Crippen LogP contribution < -0.4 is 5.32 Å². The average Bonchev–Trinajstić information content (AvgIpc) is 2.30. The molecule has 3 heteroatoms. The second-order valence-corrected chi connectivity index (χ2v) is 4.19. The maximum Gasteiger partial charge on any atom is 0.217 e. The van der Waals surface area contributed by atoms with Crippen LogP contribution >= 0.6 is 0 Å². The fraction of sp³-hybridized carbons (Fsp3) is 0.462. The van der Waals surface area contributed by atoms with Crippen LogP contribution in [0.15, 0.2) is 30.3 Å². The molecule has 0 saturated carbocycles. The second-order valence-electron chi connectivity index (χ2n) is 4.19. The Balaban J connectivity index is 1.99. The number of carbonyl (C=O) groups is 1. The van der Waals surface area contributed by atoms with Gasteiger partial charge >= 0.3 is 0 Å². The van der Waals surface area contributed by atoms with Gasteiger partial charge in [0.25, 0.3) is 0 Å². The van der Waals surface area contributed by atoms with E-state index in [1.165, 1.54) is 5.56 Å². The van der Waals surface area contributed by atoms with Gasteiger partial charge in [0.1, 0.15) is 0 Å². The van der Waals surface area contributed by atoms with E-state index in [1.807, 2.05) is 18.2 Å². The molecule has 2 atom stereocenters. The summed E-state index contributed by atoms with van der Waals surface area (Å²) in [6.07, 6.45) is 1.89. The topological polar surface area (TPSA) is 38.3 Å². The van der Waals surface area contributed by atoms with E-state index in [4.69, 9.17) is 4.74 Å². The number of rotatable bonds is 2. The highest BCUT2D eigenvalue weighted by Gasteiger charge is 2.23. The van der Waals surface area contributed by atoms with Gasteiger partial charge in [-0.1, -0.05) is 30.3 Å². The van der Waals surface area contributed by atoms with E-state index < -0.39 is 0 Å². The van der Waals surface area contributed by atoms with Crippen molar-refractivity contribution in [3.05, 3.63) is 35.9 Å². The van der Waals surface area contributed by atoms with Crippen LogP contribution in [0, 0.1) is 0 Å². The van der Waals surface area contributed by atoms with Crippen molar-refractivity contribution in [3.63, 3.8) is 0 Å². The van der Waals surface area contributed by atoms with Crippen molar-refractivity contribution >= 4 is 5.91 Å². The minimum atomic E-state index is 0.0405. The molecule has 0 unspecified atom stereocenters. The molecule has 86 valence electrons. The Morgan fingerprint density at radius 3 is 2.81 bits per heavy atom. The molecule has 16 heavy (non-hydrogen) atoms. The first-order valence-corrected chi connectivity index (χ1v) is 5.69. The molecule has 1 aromatic carbocycles. The summed E-state index contributed by atoms with van der Waals surface area (Å²) in [6.45, 7) is 2.28. The monoisotopic (exact) mass is 219 g/mol. The molecule has 3 nitrogen and oxygen atoms in total. The van der Waals surface area contributed by atoms with Crippen molar-refractivity contribution in [2.24, 2.45) is 0 Å². The number of carbonyl (C=O) groups excluding carboxylic acids is 1. The van der Waals surface area contributed by atoms with Crippen LogP contribution in [0.4, 0.5) is 0 Å². The fourth-order valence-electron chi connectivity index (χ4n) is 2.12. The van der Waals surface area contributed by atoms with E-state index in [2.05, 4.69) is 17.4 Å². The predicted octanol–water partition coefficient (Wildman–Crippen LogP) is 2.04. The number of benzene rings is 1. The van der Waals surface area contributed by atoms with Gasteiger partial charge < -0.3 is 10.1 Å². The van der Waals surface area contributed by atoms with Crippen molar-refractivity contribution in [2.75, 3.05) is 6.61 Å². The number of amides is 1. The molecular formula is C13H17NO2. The Hall–Kier alpha value is -1.35. The van der Waals surface area contributed by atoms with Crippen LogP contribution in [0.25, 0.3) is 0 Å². The molecule has 1 amide bonds. The van der Waals surface area contributed by atoms with Gasteiger partial charge in [-0.05, 0) is 18.4 Å². The maximum atomic E-state index is 11.0. The van der Waals surface area contributed by atoms with Crippen LogP contribution in [-0.4, -0.2) is 18.6 Å². The molecule has 0 aromatic heterocycles. The van der Waals surface area contributed by atoms with Crippen LogP contribution in [0.2, 0.25) is 0 Å². The average molecular weight is 219 g/mol. The first kappa shape index (κ1) is 11.1. The molecule has 1 heterocycles. The molecule has 1 fully saturated rings.